The Hall–Kier alpha value is -1.32. The van der Waals surface area contributed by atoms with Gasteiger partial charge in [-0.15, -0.1) is 0 Å². The first kappa shape index (κ1) is 9.24. The van der Waals surface area contributed by atoms with E-state index in [2.05, 4.69) is 15.3 Å². The lowest BCUT2D eigenvalue weighted by Gasteiger charge is -2.27. The molecule has 0 amide bonds. The van der Waals surface area contributed by atoms with E-state index >= 15 is 0 Å². The molecule has 1 aliphatic carbocycles. The molecule has 0 aromatic carbocycles. The smallest absolute Gasteiger partial charge is 0.132 e. The first-order chi connectivity index (χ1) is 6.78. The minimum atomic E-state index is 0.554. The van der Waals surface area contributed by atoms with Gasteiger partial charge in [-0.3, -0.25) is 0 Å². The van der Waals surface area contributed by atoms with Crippen molar-refractivity contribution in [2.45, 2.75) is 38.6 Å². The predicted octanol–water partition coefficient (Wildman–Crippen LogP) is 1.59. The lowest BCUT2D eigenvalue weighted by molar-refractivity contribution is 0.444. The number of aryl methyl sites for hydroxylation is 1. The maximum atomic E-state index is 5.68. The number of nitrogen functional groups attached to an aromatic ring is 1. The summed E-state index contributed by atoms with van der Waals surface area (Å²) in [6.45, 7) is 2.03. The van der Waals surface area contributed by atoms with Gasteiger partial charge in [-0.1, -0.05) is 6.92 Å². The normalized spacial score (nSPS) is 16.4. The molecule has 3 N–H and O–H groups in total. The molecule has 4 nitrogen and oxygen atoms in total. The Balaban J connectivity index is 2.11. The Labute approximate surface area is 83.9 Å². The van der Waals surface area contributed by atoms with Crippen LogP contribution in [0.1, 0.15) is 32.0 Å². The molecule has 2 rings (SSSR count). The second-order valence-corrected chi connectivity index (χ2v) is 3.72. The van der Waals surface area contributed by atoms with E-state index in [-0.39, 0.29) is 0 Å². The number of hydrogen-bond acceptors (Lipinski definition) is 4. The SMILES string of the molecule is CCc1nc(N)cc(NC2CCC2)n1. The van der Waals surface area contributed by atoms with E-state index in [9.17, 15) is 0 Å². The van der Waals surface area contributed by atoms with Crippen LogP contribution in [0.3, 0.4) is 0 Å². The van der Waals surface area contributed by atoms with Crippen molar-refractivity contribution >= 4 is 11.6 Å². The van der Waals surface area contributed by atoms with Crippen LogP contribution in [0.4, 0.5) is 11.6 Å². The van der Waals surface area contributed by atoms with Crippen molar-refractivity contribution in [3.8, 4) is 0 Å². The number of nitrogens with one attached hydrogen (secondary N) is 1. The molecule has 1 heterocycles. The molecule has 1 fully saturated rings. The quantitative estimate of drug-likeness (QED) is 0.763. The van der Waals surface area contributed by atoms with Crippen LogP contribution in [-0.2, 0) is 6.42 Å². The average molecular weight is 192 g/mol. The van der Waals surface area contributed by atoms with Gasteiger partial charge in [0.2, 0.25) is 0 Å². The maximum Gasteiger partial charge on any atom is 0.132 e. The molecule has 0 aliphatic heterocycles. The molecule has 0 spiro atoms. The zero-order chi connectivity index (χ0) is 9.97. The monoisotopic (exact) mass is 192 g/mol. The Bertz CT molecular complexity index is 320. The molecule has 4 heteroatoms. The van der Waals surface area contributed by atoms with Crippen LogP contribution in [0.5, 0.6) is 0 Å². The summed E-state index contributed by atoms with van der Waals surface area (Å²) in [4.78, 5) is 8.50. The standard InChI is InChI=1S/C10H16N4/c1-2-9-13-8(11)6-10(14-9)12-7-4-3-5-7/h6-7H,2-5H2,1H3,(H3,11,12,13,14). The molecule has 0 radical (unpaired) electrons. The highest BCUT2D eigenvalue weighted by Gasteiger charge is 2.17. The summed E-state index contributed by atoms with van der Waals surface area (Å²) in [5, 5.41) is 3.36. The van der Waals surface area contributed by atoms with Crippen LogP contribution in [0, 0.1) is 0 Å². The van der Waals surface area contributed by atoms with Crippen molar-refractivity contribution in [1.82, 2.24) is 9.97 Å². The molecule has 1 saturated carbocycles. The summed E-state index contributed by atoms with van der Waals surface area (Å²) in [6.07, 6.45) is 4.62. The lowest BCUT2D eigenvalue weighted by Crippen LogP contribution is -2.27. The fraction of sp³-hybridized carbons (Fsp3) is 0.600. The van der Waals surface area contributed by atoms with Crippen molar-refractivity contribution in [2.24, 2.45) is 0 Å². The van der Waals surface area contributed by atoms with Crippen LogP contribution in [-0.4, -0.2) is 16.0 Å². The van der Waals surface area contributed by atoms with E-state index in [1.54, 1.807) is 6.07 Å². The molecule has 1 aromatic rings. The Morgan fingerprint density at radius 2 is 2.29 bits per heavy atom. The van der Waals surface area contributed by atoms with Crippen molar-refractivity contribution in [3.63, 3.8) is 0 Å². The van der Waals surface area contributed by atoms with Gasteiger partial charge < -0.3 is 11.1 Å². The number of nitrogens with zero attached hydrogens (tertiary/aromatic N) is 2. The number of hydrogen-bond donors (Lipinski definition) is 2. The first-order valence-electron chi connectivity index (χ1n) is 5.18. The van der Waals surface area contributed by atoms with Gasteiger partial charge in [0.15, 0.2) is 0 Å². The molecular formula is C10H16N4. The summed E-state index contributed by atoms with van der Waals surface area (Å²) < 4.78 is 0. The Kier molecular flexibility index (Phi) is 2.52. The first-order valence-corrected chi connectivity index (χ1v) is 5.18. The van der Waals surface area contributed by atoms with E-state index in [1.807, 2.05) is 6.92 Å². The van der Waals surface area contributed by atoms with E-state index in [0.717, 1.165) is 18.1 Å². The minimum absolute atomic E-state index is 0.554. The third-order valence-electron chi connectivity index (χ3n) is 2.57. The lowest BCUT2D eigenvalue weighted by atomic mass is 9.93. The van der Waals surface area contributed by atoms with Gasteiger partial charge in [0.1, 0.15) is 17.5 Å². The molecule has 0 bridgehead atoms. The second kappa shape index (κ2) is 3.82. The third kappa shape index (κ3) is 1.95. The fourth-order valence-corrected chi connectivity index (χ4v) is 1.51. The van der Waals surface area contributed by atoms with Crippen molar-refractivity contribution < 1.29 is 0 Å². The van der Waals surface area contributed by atoms with Crippen LogP contribution >= 0.6 is 0 Å². The molecule has 0 unspecified atom stereocenters. The van der Waals surface area contributed by atoms with Crippen LogP contribution in [0.2, 0.25) is 0 Å². The molecular weight excluding hydrogens is 176 g/mol. The summed E-state index contributed by atoms with van der Waals surface area (Å²) in [5.74, 6) is 2.24. The molecule has 0 saturated heterocycles. The van der Waals surface area contributed by atoms with E-state index in [4.69, 9.17) is 5.73 Å². The summed E-state index contributed by atoms with van der Waals surface area (Å²) >= 11 is 0. The number of rotatable bonds is 3. The molecule has 14 heavy (non-hydrogen) atoms. The van der Waals surface area contributed by atoms with Gasteiger partial charge in [-0.2, -0.15) is 0 Å². The second-order valence-electron chi connectivity index (χ2n) is 3.72. The van der Waals surface area contributed by atoms with E-state index < -0.39 is 0 Å². The van der Waals surface area contributed by atoms with Gasteiger partial charge in [-0.25, -0.2) is 9.97 Å². The maximum absolute atomic E-state index is 5.68. The summed E-state index contributed by atoms with van der Waals surface area (Å²) in [6, 6.07) is 2.39. The Morgan fingerprint density at radius 3 is 2.86 bits per heavy atom. The zero-order valence-electron chi connectivity index (χ0n) is 8.45. The molecule has 76 valence electrons. The fourth-order valence-electron chi connectivity index (χ4n) is 1.51. The van der Waals surface area contributed by atoms with E-state index in [0.29, 0.717) is 11.9 Å². The minimum Gasteiger partial charge on any atom is -0.384 e. The predicted molar refractivity (Wildman–Crippen MR) is 57.1 cm³/mol. The van der Waals surface area contributed by atoms with Crippen LogP contribution < -0.4 is 11.1 Å². The van der Waals surface area contributed by atoms with Gasteiger partial charge in [-0.05, 0) is 19.3 Å². The van der Waals surface area contributed by atoms with Crippen LogP contribution in [0.25, 0.3) is 0 Å². The van der Waals surface area contributed by atoms with Gasteiger partial charge in [0.05, 0.1) is 0 Å². The number of anilines is 2. The summed E-state index contributed by atoms with van der Waals surface area (Å²) in [7, 11) is 0. The number of aromatic nitrogens is 2. The molecule has 0 atom stereocenters. The van der Waals surface area contributed by atoms with Crippen molar-refractivity contribution in [3.05, 3.63) is 11.9 Å². The largest absolute Gasteiger partial charge is 0.384 e. The average Bonchev–Trinajstić information content (AvgIpc) is 2.10. The summed E-state index contributed by atoms with van der Waals surface area (Å²) in [5.41, 5.74) is 5.68. The zero-order valence-corrected chi connectivity index (χ0v) is 8.45. The van der Waals surface area contributed by atoms with Gasteiger partial charge >= 0.3 is 0 Å². The van der Waals surface area contributed by atoms with Gasteiger partial charge in [0, 0.05) is 18.5 Å². The highest BCUT2D eigenvalue weighted by atomic mass is 15.1. The molecule has 1 aromatic heterocycles. The van der Waals surface area contributed by atoms with Crippen molar-refractivity contribution in [1.29, 1.82) is 0 Å². The third-order valence-corrected chi connectivity index (χ3v) is 2.57. The highest BCUT2D eigenvalue weighted by Crippen LogP contribution is 2.22. The Morgan fingerprint density at radius 1 is 1.50 bits per heavy atom. The molecule has 1 aliphatic rings. The van der Waals surface area contributed by atoms with Crippen molar-refractivity contribution in [2.75, 3.05) is 11.1 Å². The van der Waals surface area contributed by atoms with Gasteiger partial charge in [0.25, 0.3) is 0 Å². The van der Waals surface area contributed by atoms with E-state index in [1.165, 1.54) is 19.3 Å². The highest BCUT2D eigenvalue weighted by molar-refractivity contribution is 5.45. The number of nitrogens with two attached hydrogens (primary N) is 1. The topological polar surface area (TPSA) is 63.8 Å². The van der Waals surface area contributed by atoms with Crippen LogP contribution in [0.15, 0.2) is 6.07 Å².